The number of aromatic nitrogens is 3. The molecule has 2 atom stereocenters. The summed E-state index contributed by atoms with van der Waals surface area (Å²) in [5, 5.41) is 14.3. The van der Waals surface area contributed by atoms with Crippen LogP contribution >= 0.6 is 12.2 Å². The van der Waals surface area contributed by atoms with Crippen molar-refractivity contribution < 1.29 is 18.3 Å². The van der Waals surface area contributed by atoms with E-state index in [1.54, 1.807) is 4.68 Å². The normalized spacial score (nSPS) is 25.4. The second kappa shape index (κ2) is 6.25. The number of nitrogens with one attached hydrogen (secondary N) is 1. The maximum atomic E-state index is 14.1. The highest BCUT2D eigenvalue weighted by atomic mass is 32.1. The molecule has 3 rings (SSSR count). The highest BCUT2D eigenvalue weighted by Crippen LogP contribution is 2.51. The topological polar surface area (TPSA) is 53.8 Å². The highest BCUT2D eigenvalue weighted by Gasteiger charge is 2.54. The molecule has 0 aliphatic heterocycles. The lowest BCUT2D eigenvalue weighted by Gasteiger charge is -2.41. The van der Waals surface area contributed by atoms with Crippen LogP contribution < -0.4 is 0 Å². The molecule has 2 unspecified atom stereocenters. The summed E-state index contributed by atoms with van der Waals surface area (Å²) >= 11 is 5.12. The number of hydrogen-bond acceptors (Lipinski definition) is 3. The van der Waals surface area contributed by atoms with Gasteiger partial charge in [0.15, 0.2) is 0 Å². The Balaban J connectivity index is 1.95. The number of halogens is 3. The van der Waals surface area contributed by atoms with E-state index in [0.717, 1.165) is 0 Å². The van der Waals surface area contributed by atoms with Crippen LogP contribution in [0.3, 0.4) is 0 Å². The van der Waals surface area contributed by atoms with Crippen LogP contribution in [0.4, 0.5) is 13.2 Å². The van der Waals surface area contributed by atoms with Crippen LogP contribution in [0.1, 0.15) is 32.3 Å². The molecule has 0 saturated heterocycles. The predicted octanol–water partition coefficient (Wildman–Crippen LogP) is 3.77. The van der Waals surface area contributed by atoms with Gasteiger partial charge in [0.2, 0.25) is 4.77 Å². The minimum absolute atomic E-state index is 0.0145. The third-order valence-electron chi connectivity index (χ3n) is 5.54. The van der Waals surface area contributed by atoms with E-state index in [2.05, 4.69) is 10.1 Å². The zero-order valence-electron chi connectivity index (χ0n) is 14.0. The maximum Gasteiger partial charge on any atom is 0.215 e. The molecular weight excluding hydrogens is 351 g/mol. The van der Waals surface area contributed by atoms with Gasteiger partial charge in [-0.15, -0.1) is 0 Å². The molecule has 0 amide bonds. The molecule has 1 aromatic heterocycles. The molecule has 1 saturated carbocycles. The predicted molar refractivity (Wildman–Crippen MR) is 88.9 cm³/mol. The van der Waals surface area contributed by atoms with Gasteiger partial charge < -0.3 is 5.11 Å². The van der Waals surface area contributed by atoms with Crippen molar-refractivity contribution in [3.05, 3.63) is 46.2 Å². The van der Waals surface area contributed by atoms with E-state index >= 15 is 0 Å². The van der Waals surface area contributed by atoms with E-state index in [0.29, 0.717) is 29.7 Å². The molecule has 2 N–H and O–H groups in total. The molecule has 0 radical (unpaired) electrons. The minimum atomic E-state index is -1.25. The van der Waals surface area contributed by atoms with Gasteiger partial charge >= 0.3 is 0 Å². The van der Waals surface area contributed by atoms with Gasteiger partial charge in [-0.05, 0) is 42.8 Å². The lowest BCUT2D eigenvalue weighted by atomic mass is 9.72. The molecule has 1 fully saturated rings. The van der Waals surface area contributed by atoms with Crippen LogP contribution in [-0.2, 0) is 13.0 Å². The Hall–Kier alpha value is -1.67. The van der Waals surface area contributed by atoms with Gasteiger partial charge in [0.1, 0.15) is 23.8 Å². The Morgan fingerprint density at radius 3 is 2.52 bits per heavy atom. The number of rotatable bonds is 4. The first-order valence-electron chi connectivity index (χ1n) is 8.10. The van der Waals surface area contributed by atoms with Crippen LogP contribution in [0.2, 0.25) is 0 Å². The summed E-state index contributed by atoms with van der Waals surface area (Å²) in [5.74, 6) is -3.21. The smallest absolute Gasteiger partial charge is 0.215 e. The van der Waals surface area contributed by atoms with Crippen molar-refractivity contribution >= 4 is 12.2 Å². The number of benzene rings is 1. The molecule has 4 nitrogen and oxygen atoms in total. The lowest BCUT2D eigenvalue weighted by molar-refractivity contribution is -0.0912. The van der Waals surface area contributed by atoms with Crippen LogP contribution in [0.25, 0.3) is 0 Å². The Kier molecular flexibility index (Phi) is 4.53. The van der Waals surface area contributed by atoms with Gasteiger partial charge in [-0.25, -0.2) is 18.2 Å². The van der Waals surface area contributed by atoms with Crippen molar-refractivity contribution in [2.24, 2.45) is 11.3 Å². The molecule has 8 heteroatoms. The molecule has 0 spiro atoms. The van der Waals surface area contributed by atoms with E-state index < -0.39 is 34.4 Å². The Bertz CT molecular complexity index is 825. The summed E-state index contributed by atoms with van der Waals surface area (Å²) in [6.07, 6.45) is 2.71. The first kappa shape index (κ1) is 18.1. The fourth-order valence-electron chi connectivity index (χ4n) is 3.80. The van der Waals surface area contributed by atoms with Gasteiger partial charge in [-0.2, -0.15) is 0 Å². The Labute approximate surface area is 148 Å². The molecule has 2 aromatic rings. The summed E-state index contributed by atoms with van der Waals surface area (Å²) < 4.78 is 43.1. The molecule has 1 aliphatic carbocycles. The number of hydrogen-bond donors (Lipinski definition) is 2. The SMILES string of the molecule is CC1(C)CCC(Cc2c(F)cc(F)cc2F)C1(O)Cn1[nH]cnc1=S. The van der Waals surface area contributed by atoms with Crippen molar-refractivity contribution in [3.8, 4) is 0 Å². The number of aromatic amines is 1. The zero-order valence-corrected chi connectivity index (χ0v) is 14.8. The molecule has 0 bridgehead atoms. The summed E-state index contributed by atoms with van der Waals surface area (Å²) in [6, 6.07) is 1.34. The van der Waals surface area contributed by atoms with Crippen molar-refractivity contribution in [2.75, 3.05) is 0 Å². The highest BCUT2D eigenvalue weighted by molar-refractivity contribution is 7.71. The maximum absolute atomic E-state index is 14.1. The second-order valence-electron chi connectivity index (χ2n) is 7.35. The number of aliphatic hydroxyl groups is 1. The quantitative estimate of drug-likeness (QED) is 0.805. The van der Waals surface area contributed by atoms with Crippen LogP contribution in [0, 0.1) is 33.6 Å². The molecule has 136 valence electrons. The van der Waals surface area contributed by atoms with Gasteiger partial charge in [-0.1, -0.05) is 13.8 Å². The van der Waals surface area contributed by atoms with Crippen molar-refractivity contribution in [1.29, 1.82) is 0 Å². The third-order valence-corrected chi connectivity index (χ3v) is 5.87. The van der Waals surface area contributed by atoms with Crippen LogP contribution in [0.5, 0.6) is 0 Å². The van der Waals surface area contributed by atoms with Crippen molar-refractivity contribution in [3.63, 3.8) is 0 Å². The Morgan fingerprint density at radius 1 is 1.32 bits per heavy atom. The van der Waals surface area contributed by atoms with Crippen LogP contribution in [0.15, 0.2) is 18.5 Å². The van der Waals surface area contributed by atoms with Gasteiger partial charge in [0, 0.05) is 17.7 Å². The molecule has 1 heterocycles. The number of nitrogens with zero attached hydrogens (tertiary/aromatic N) is 2. The van der Waals surface area contributed by atoms with Gasteiger partial charge in [-0.3, -0.25) is 9.78 Å². The molecule has 25 heavy (non-hydrogen) atoms. The van der Waals surface area contributed by atoms with E-state index in [-0.39, 0.29) is 18.5 Å². The summed E-state index contributed by atoms with van der Waals surface area (Å²) in [6.45, 7) is 3.99. The molecule has 1 aliphatic rings. The molecular formula is C17H20F3N3OS. The third kappa shape index (κ3) is 3.13. The summed E-state index contributed by atoms with van der Waals surface area (Å²) in [4.78, 5) is 3.93. The summed E-state index contributed by atoms with van der Waals surface area (Å²) in [7, 11) is 0. The minimum Gasteiger partial charge on any atom is -0.387 e. The van der Waals surface area contributed by atoms with Crippen molar-refractivity contribution in [1.82, 2.24) is 14.8 Å². The van der Waals surface area contributed by atoms with E-state index in [4.69, 9.17) is 12.2 Å². The van der Waals surface area contributed by atoms with E-state index in [1.807, 2.05) is 13.8 Å². The van der Waals surface area contributed by atoms with Crippen molar-refractivity contribution in [2.45, 2.75) is 45.3 Å². The van der Waals surface area contributed by atoms with Crippen LogP contribution in [-0.4, -0.2) is 25.5 Å². The van der Waals surface area contributed by atoms with Gasteiger partial charge in [0.05, 0.1) is 12.1 Å². The summed E-state index contributed by atoms with van der Waals surface area (Å²) in [5.41, 5.74) is -1.93. The second-order valence-corrected chi connectivity index (χ2v) is 7.72. The fourth-order valence-corrected chi connectivity index (χ4v) is 3.97. The van der Waals surface area contributed by atoms with E-state index in [9.17, 15) is 18.3 Å². The zero-order chi connectivity index (χ0) is 18.4. The number of H-pyrrole nitrogens is 1. The first-order valence-corrected chi connectivity index (χ1v) is 8.51. The van der Waals surface area contributed by atoms with Gasteiger partial charge in [0.25, 0.3) is 0 Å². The lowest BCUT2D eigenvalue weighted by Crippen LogP contribution is -2.49. The Morgan fingerprint density at radius 2 is 1.96 bits per heavy atom. The molecule has 1 aromatic carbocycles. The monoisotopic (exact) mass is 371 g/mol. The average molecular weight is 371 g/mol. The largest absolute Gasteiger partial charge is 0.387 e. The first-order chi connectivity index (χ1) is 11.6. The van der Waals surface area contributed by atoms with E-state index in [1.165, 1.54) is 6.33 Å². The average Bonchev–Trinajstić information content (AvgIpc) is 2.98. The standard InChI is InChI=1S/C17H20F3N3OS/c1-16(2)4-3-10(5-12-13(19)6-11(18)7-14(12)20)17(16,24)8-23-15(25)21-9-22-23/h6-7,9-10,24H,3-5,8H2,1-2H3,(H,21,22,25). The fraction of sp³-hybridized carbons (Fsp3) is 0.529.